The van der Waals surface area contributed by atoms with Gasteiger partial charge in [0.25, 0.3) is 0 Å². The average molecular weight is 249 g/mol. The van der Waals surface area contributed by atoms with Crippen LogP contribution in [0.2, 0.25) is 0 Å². The molecule has 0 amide bonds. The lowest BCUT2D eigenvalue weighted by Crippen LogP contribution is -1.95. The average Bonchev–Trinajstić information content (AvgIpc) is 1.96. The molecule has 0 saturated carbocycles. The second-order valence-electron chi connectivity index (χ2n) is 2.30. The van der Waals surface area contributed by atoms with Crippen LogP contribution < -0.4 is 5.73 Å². The van der Waals surface area contributed by atoms with Crippen molar-refractivity contribution < 1.29 is 8.76 Å². The van der Waals surface area contributed by atoms with Gasteiger partial charge in [-0.25, -0.2) is 0 Å². The molecule has 12 heavy (non-hydrogen) atoms. The smallest absolute Gasteiger partial charge is 0.0461 e. The highest BCUT2D eigenvalue weighted by Crippen LogP contribution is 2.20. The third kappa shape index (κ3) is 2.58. The molecule has 0 aliphatic carbocycles. The first-order valence-corrected chi connectivity index (χ1v) is 5.23. The van der Waals surface area contributed by atoms with Crippen molar-refractivity contribution in [3.63, 3.8) is 0 Å². The fraction of sp³-hybridized carbons (Fsp3) is 0.143. The summed E-state index contributed by atoms with van der Waals surface area (Å²) in [5, 5.41) is 0. The van der Waals surface area contributed by atoms with E-state index in [-0.39, 0.29) is 5.75 Å². The van der Waals surface area contributed by atoms with Crippen LogP contribution in [-0.2, 0) is 16.8 Å². The van der Waals surface area contributed by atoms with Gasteiger partial charge in [0.15, 0.2) is 0 Å². The van der Waals surface area contributed by atoms with Crippen molar-refractivity contribution in [1.82, 2.24) is 0 Å². The molecule has 0 saturated heterocycles. The van der Waals surface area contributed by atoms with E-state index in [9.17, 15) is 8.76 Å². The normalized spacial score (nSPS) is 12.8. The van der Waals surface area contributed by atoms with Gasteiger partial charge in [-0.05, 0) is 33.6 Å². The summed E-state index contributed by atoms with van der Waals surface area (Å²) in [6, 6.07) is 5.09. The number of nitrogens with two attached hydrogens (primary N) is 1. The van der Waals surface area contributed by atoms with E-state index in [0.29, 0.717) is 11.3 Å². The van der Waals surface area contributed by atoms with Crippen LogP contribution in [0.5, 0.6) is 0 Å². The summed E-state index contributed by atoms with van der Waals surface area (Å²) < 4.78 is 21.4. The zero-order valence-electron chi connectivity index (χ0n) is 6.12. The van der Waals surface area contributed by atoms with E-state index >= 15 is 0 Å². The molecular formula is C7H7BrNO2S-. The van der Waals surface area contributed by atoms with Crippen LogP contribution in [0.1, 0.15) is 5.56 Å². The first-order valence-electron chi connectivity index (χ1n) is 3.19. The van der Waals surface area contributed by atoms with Gasteiger partial charge in [0.05, 0.1) is 0 Å². The molecule has 0 fully saturated rings. The van der Waals surface area contributed by atoms with Gasteiger partial charge in [0.1, 0.15) is 0 Å². The number of benzene rings is 1. The van der Waals surface area contributed by atoms with Gasteiger partial charge in [0, 0.05) is 15.9 Å². The van der Waals surface area contributed by atoms with Gasteiger partial charge in [-0.15, -0.1) is 0 Å². The largest absolute Gasteiger partial charge is 0.772 e. The fourth-order valence-corrected chi connectivity index (χ4v) is 1.52. The van der Waals surface area contributed by atoms with E-state index < -0.39 is 11.1 Å². The molecular weight excluding hydrogens is 242 g/mol. The fourth-order valence-electron chi connectivity index (χ4n) is 0.819. The highest BCUT2D eigenvalue weighted by molar-refractivity contribution is 9.10. The van der Waals surface area contributed by atoms with Gasteiger partial charge >= 0.3 is 0 Å². The van der Waals surface area contributed by atoms with Gasteiger partial charge < -0.3 is 10.3 Å². The topological polar surface area (TPSA) is 66.2 Å². The zero-order valence-corrected chi connectivity index (χ0v) is 8.52. The lowest BCUT2D eigenvalue weighted by molar-refractivity contribution is 0.536. The Kier molecular flexibility index (Phi) is 3.25. The lowest BCUT2D eigenvalue weighted by atomic mass is 10.2. The Morgan fingerprint density at radius 1 is 1.58 bits per heavy atom. The highest BCUT2D eigenvalue weighted by Gasteiger charge is 1.97. The van der Waals surface area contributed by atoms with E-state index in [0.717, 1.165) is 4.47 Å². The maximum Gasteiger partial charge on any atom is 0.0461 e. The molecule has 0 aliphatic rings. The zero-order chi connectivity index (χ0) is 9.14. The van der Waals surface area contributed by atoms with Crippen LogP contribution in [0, 0.1) is 0 Å². The first-order chi connectivity index (χ1) is 5.59. The van der Waals surface area contributed by atoms with Crippen LogP contribution in [0.15, 0.2) is 22.7 Å². The third-order valence-corrected chi connectivity index (χ3v) is 2.64. The van der Waals surface area contributed by atoms with E-state index in [1.807, 2.05) is 0 Å². The molecule has 1 aromatic rings. The summed E-state index contributed by atoms with van der Waals surface area (Å²) in [4.78, 5) is 0. The minimum atomic E-state index is -2.05. The highest BCUT2D eigenvalue weighted by atomic mass is 79.9. The van der Waals surface area contributed by atoms with Gasteiger partial charge in [-0.2, -0.15) is 0 Å². The summed E-state index contributed by atoms with van der Waals surface area (Å²) in [6.07, 6.45) is 0. The summed E-state index contributed by atoms with van der Waals surface area (Å²) in [7, 11) is 0. The molecule has 3 nitrogen and oxygen atoms in total. The monoisotopic (exact) mass is 248 g/mol. The van der Waals surface area contributed by atoms with E-state index in [2.05, 4.69) is 15.9 Å². The molecule has 1 aromatic carbocycles. The van der Waals surface area contributed by atoms with Crippen molar-refractivity contribution in [2.75, 3.05) is 5.73 Å². The summed E-state index contributed by atoms with van der Waals surface area (Å²) in [5.41, 5.74) is 6.80. The lowest BCUT2D eigenvalue weighted by Gasteiger charge is -2.06. The van der Waals surface area contributed by atoms with Crippen molar-refractivity contribution in [3.05, 3.63) is 28.2 Å². The quantitative estimate of drug-likeness (QED) is 0.636. The SMILES string of the molecule is Nc1cc(CS(=O)[O-])ccc1Br. The van der Waals surface area contributed by atoms with Crippen LogP contribution >= 0.6 is 15.9 Å². The Labute approximate surface area is 81.4 Å². The third-order valence-electron chi connectivity index (χ3n) is 1.34. The number of nitrogen functional groups attached to an aromatic ring is 1. The minimum Gasteiger partial charge on any atom is -0.772 e. The molecule has 2 N–H and O–H groups in total. The van der Waals surface area contributed by atoms with E-state index in [4.69, 9.17) is 5.73 Å². The molecule has 0 heterocycles. The van der Waals surface area contributed by atoms with Crippen LogP contribution in [0.4, 0.5) is 5.69 Å². The van der Waals surface area contributed by atoms with Crippen molar-refractivity contribution in [1.29, 1.82) is 0 Å². The summed E-state index contributed by atoms with van der Waals surface area (Å²) in [5.74, 6) is 0.0114. The molecule has 0 aromatic heterocycles. The maximum absolute atomic E-state index is 10.3. The predicted molar refractivity (Wildman–Crippen MR) is 51.2 cm³/mol. The second kappa shape index (κ2) is 4.02. The van der Waals surface area contributed by atoms with Crippen LogP contribution in [0.25, 0.3) is 0 Å². The van der Waals surface area contributed by atoms with Crippen LogP contribution in [-0.4, -0.2) is 8.76 Å². The van der Waals surface area contributed by atoms with Gasteiger partial charge in [-0.1, -0.05) is 17.1 Å². The second-order valence-corrected chi connectivity index (χ2v) is 4.05. The molecule has 66 valence electrons. The van der Waals surface area contributed by atoms with E-state index in [1.54, 1.807) is 18.2 Å². The standard InChI is InChI=1S/C7H8BrNO2S/c8-6-2-1-5(3-7(6)9)4-12(10)11/h1-3H,4,9H2,(H,10,11)/p-1. The number of hydrogen-bond acceptors (Lipinski definition) is 3. The van der Waals surface area contributed by atoms with Crippen molar-refractivity contribution in [2.24, 2.45) is 0 Å². The maximum atomic E-state index is 10.3. The predicted octanol–water partition coefficient (Wildman–Crippen LogP) is 1.41. The van der Waals surface area contributed by atoms with Gasteiger partial charge in [-0.3, -0.25) is 4.21 Å². The number of hydrogen-bond donors (Lipinski definition) is 1. The minimum absolute atomic E-state index is 0.0114. The Morgan fingerprint density at radius 2 is 2.25 bits per heavy atom. The van der Waals surface area contributed by atoms with Gasteiger partial charge in [0.2, 0.25) is 0 Å². The molecule has 5 heteroatoms. The van der Waals surface area contributed by atoms with Crippen LogP contribution in [0.3, 0.4) is 0 Å². The molecule has 1 rings (SSSR count). The summed E-state index contributed by atoms with van der Waals surface area (Å²) in [6.45, 7) is 0. The van der Waals surface area contributed by atoms with Crippen molar-refractivity contribution in [2.45, 2.75) is 5.75 Å². The Morgan fingerprint density at radius 3 is 2.75 bits per heavy atom. The number of halogens is 1. The first kappa shape index (κ1) is 9.70. The number of anilines is 1. The Balaban J connectivity index is 2.89. The molecule has 0 aliphatic heterocycles. The molecule has 1 unspecified atom stereocenters. The molecule has 0 bridgehead atoms. The van der Waals surface area contributed by atoms with Crippen molar-refractivity contribution in [3.8, 4) is 0 Å². The Hall–Kier alpha value is -0.390. The molecule has 1 atom stereocenters. The van der Waals surface area contributed by atoms with Crippen molar-refractivity contribution >= 4 is 32.7 Å². The number of rotatable bonds is 2. The Bertz CT molecular complexity index is 316. The van der Waals surface area contributed by atoms with E-state index in [1.165, 1.54) is 0 Å². The molecule has 0 spiro atoms. The summed E-state index contributed by atoms with van der Waals surface area (Å²) >= 11 is 1.16. The molecule has 0 radical (unpaired) electrons.